The fourth-order valence-electron chi connectivity index (χ4n) is 3.19. The molecule has 0 bridgehead atoms. The number of aryl methyl sites for hydroxylation is 1. The van der Waals surface area contributed by atoms with Gasteiger partial charge in [0, 0.05) is 29.8 Å². The Bertz CT molecular complexity index is 1070. The van der Waals surface area contributed by atoms with E-state index in [2.05, 4.69) is 16.9 Å². The molecule has 2 aromatic heterocycles. The maximum absolute atomic E-state index is 15.2. The largest absolute Gasteiger partial charge is 0.496 e. The van der Waals surface area contributed by atoms with Crippen molar-refractivity contribution in [2.24, 2.45) is 0 Å². The Morgan fingerprint density at radius 1 is 1.32 bits per heavy atom. The molecule has 0 aliphatic heterocycles. The number of hydrogen-bond acceptors (Lipinski definition) is 6. The van der Waals surface area contributed by atoms with Crippen LogP contribution < -0.4 is 14.8 Å². The van der Waals surface area contributed by atoms with Crippen molar-refractivity contribution in [3.63, 3.8) is 0 Å². The number of ether oxygens (including phenoxy) is 2. The van der Waals surface area contributed by atoms with E-state index in [1.165, 1.54) is 26.5 Å². The lowest BCUT2D eigenvalue weighted by Gasteiger charge is -2.15. The smallest absolute Gasteiger partial charge is 0.233 e. The summed E-state index contributed by atoms with van der Waals surface area (Å²) in [7, 11) is 4.44. The summed E-state index contributed by atoms with van der Waals surface area (Å²) in [5.41, 5.74) is 1.87. The minimum atomic E-state index is -0.776. The number of furan rings is 1. The SMILES string of the molecule is C=CCc1c(OC)cc(OC)c(F)c1C(=O)c1oc2cnc(C)cc2c1NC. The molecule has 0 radical (unpaired) electrons. The number of halogens is 1. The van der Waals surface area contributed by atoms with Crippen LogP contribution in [0.3, 0.4) is 0 Å². The summed E-state index contributed by atoms with van der Waals surface area (Å²) < 4.78 is 31.3. The van der Waals surface area contributed by atoms with E-state index in [0.29, 0.717) is 28.0 Å². The molecule has 6 nitrogen and oxygen atoms in total. The van der Waals surface area contributed by atoms with E-state index in [9.17, 15) is 4.79 Å². The summed E-state index contributed by atoms with van der Waals surface area (Å²) in [5.74, 6) is -1.16. The molecule has 1 aromatic carbocycles. The first-order chi connectivity index (χ1) is 13.5. The van der Waals surface area contributed by atoms with E-state index in [0.717, 1.165) is 5.69 Å². The molecular weight excluding hydrogens is 363 g/mol. The molecule has 0 fully saturated rings. The zero-order valence-corrected chi connectivity index (χ0v) is 16.2. The fourth-order valence-corrected chi connectivity index (χ4v) is 3.19. The number of ketones is 1. The molecule has 146 valence electrons. The highest BCUT2D eigenvalue weighted by atomic mass is 19.1. The van der Waals surface area contributed by atoms with E-state index in [1.807, 2.05) is 6.92 Å². The molecule has 2 heterocycles. The topological polar surface area (TPSA) is 73.6 Å². The van der Waals surface area contributed by atoms with Crippen LogP contribution in [0.1, 0.15) is 27.4 Å². The van der Waals surface area contributed by atoms with Crippen LogP contribution in [0.2, 0.25) is 0 Å². The fraction of sp³-hybridized carbons (Fsp3) is 0.238. The van der Waals surface area contributed by atoms with Crippen molar-refractivity contribution in [1.82, 2.24) is 4.98 Å². The lowest BCUT2D eigenvalue weighted by Crippen LogP contribution is -2.12. The Labute approximate surface area is 162 Å². The lowest BCUT2D eigenvalue weighted by molar-refractivity contribution is 0.101. The normalized spacial score (nSPS) is 10.8. The van der Waals surface area contributed by atoms with Crippen molar-refractivity contribution in [3.05, 3.63) is 59.4 Å². The van der Waals surface area contributed by atoms with E-state index in [4.69, 9.17) is 13.9 Å². The summed E-state index contributed by atoms with van der Waals surface area (Å²) in [6, 6.07) is 3.21. The minimum absolute atomic E-state index is 0.00980. The molecule has 7 heteroatoms. The molecule has 0 spiro atoms. The van der Waals surface area contributed by atoms with Gasteiger partial charge < -0.3 is 19.2 Å². The van der Waals surface area contributed by atoms with Gasteiger partial charge in [-0.1, -0.05) is 6.08 Å². The van der Waals surface area contributed by atoms with Gasteiger partial charge >= 0.3 is 0 Å². The highest BCUT2D eigenvalue weighted by molar-refractivity contribution is 6.16. The van der Waals surface area contributed by atoms with E-state index < -0.39 is 11.6 Å². The number of aromatic nitrogens is 1. The minimum Gasteiger partial charge on any atom is -0.496 e. The number of hydrogen-bond donors (Lipinski definition) is 1. The van der Waals surface area contributed by atoms with E-state index in [1.54, 1.807) is 19.2 Å². The lowest BCUT2D eigenvalue weighted by atomic mass is 9.96. The third kappa shape index (κ3) is 3.09. The van der Waals surface area contributed by atoms with Crippen molar-refractivity contribution < 1.29 is 23.1 Å². The van der Waals surface area contributed by atoms with Crippen LogP contribution in [0.25, 0.3) is 11.0 Å². The number of rotatable bonds is 7. The second kappa shape index (κ2) is 7.72. The van der Waals surface area contributed by atoms with Gasteiger partial charge in [-0.25, -0.2) is 4.39 Å². The van der Waals surface area contributed by atoms with Crippen molar-refractivity contribution >= 4 is 22.4 Å². The molecule has 0 amide bonds. The van der Waals surface area contributed by atoms with E-state index in [-0.39, 0.29) is 23.5 Å². The van der Waals surface area contributed by atoms with Crippen LogP contribution in [0.5, 0.6) is 11.5 Å². The molecule has 28 heavy (non-hydrogen) atoms. The van der Waals surface area contributed by atoms with Crippen molar-refractivity contribution in [2.75, 3.05) is 26.6 Å². The Kier molecular flexibility index (Phi) is 5.35. The molecule has 1 N–H and O–H groups in total. The van der Waals surface area contributed by atoms with Gasteiger partial charge in [-0.2, -0.15) is 0 Å². The molecule has 0 saturated carbocycles. The number of anilines is 1. The van der Waals surface area contributed by atoms with Crippen LogP contribution in [0.4, 0.5) is 10.1 Å². The average Bonchev–Trinajstić information content (AvgIpc) is 3.05. The molecule has 0 atom stereocenters. The Morgan fingerprint density at radius 3 is 2.64 bits per heavy atom. The van der Waals surface area contributed by atoms with Crippen LogP contribution in [0.15, 0.2) is 35.4 Å². The number of benzene rings is 1. The monoisotopic (exact) mass is 384 g/mol. The summed E-state index contributed by atoms with van der Waals surface area (Å²) >= 11 is 0. The molecule has 3 aromatic rings. The Hall–Kier alpha value is -3.35. The molecule has 0 unspecified atom stereocenters. The zero-order valence-electron chi connectivity index (χ0n) is 16.2. The van der Waals surface area contributed by atoms with Gasteiger partial charge in [-0.15, -0.1) is 6.58 Å². The summed E-state index contributed by atoms with van der Waals surface area (Å²) in [6.45, 7) is 5.53. The van der Waals surface area contributed by atoms with Crippen LogP contribution in [-0.4, -0.2) is 32.0 Å². The van der Waals surface area contributed by atoms with E-state index >= 15 is 4.39 Å². The number of pyridine rings is 1. The Morgan fingerprint density at radius 2 is 2.04 bits per heavy atom. The number of allylic oxidation sites excluding steroid dienone is 1. The zero-order chi connectivity index (χ0) is 20.4. The highest BCUT2D eigenvalue weighted by Gasteiger charge is 2.30. The summed E-state index contributed by atoms with van der Waals surface area (Å²) in [5, 5.41) is 3.67. The van der Waals surface area contributed by atoms with Crippen molar-refractivity contribution in [3.8, 4) is 11.5 Å². The highest BCUT2D eigenvalue weighted by Crippen LogP contribution is 2.38. The average molecular weight is 384 g/mol. The quantitative estimate of drug-likeness (QED) is 0.484. The number of nitrogens with one attached hydrogen (secondary N) is 1. The predicted octanol–water partition coefficient (Wildman–Crippen LogP) is 4.29. The number of carbonyl (C=O) groups is 1. The third-order valence-corrected chi connectivity index (χ3v) is 4.48. The van der Waals surface area contributed by atoms with Crippen molar-refractivity contribution in [1.29, 1.82) is 0 Å². The third-order valence-electron chi connectivity index (χ3n) is 4.48. The number of nitrogens with zero attached hydrogens (tertiary/aromatic N) is 1. The molecule has 3 rings (SSSR count). The Balaban J connectivity index is 2.30. The van der Waals surface area contributed by atoms with Gasteiger partial charge in [0.05, 0.1) is 31.7 Å². The predicted molar refractivity (Wildman–Crippen MR) is 105 cm³/mol. The van der Waals surface area contributed by atoms with Gasteiger partial charge in [0.1, 0.15) is 5.75 Å². The first-order valence-corrected chi connectivity index (χ1v) is 8.62. The van der Waals surface area contributed by atoms with Gasteiger partial charge in [-0.05, 0) is 19.4 Å². The van der Waals surface area contributed by atoms with Crippen LogP contribution in [0, 0.1) is 12.7 Å². The first kappa shape index (κ1) is 19.4. The summed E-state index contributed by atoms with van der Waals surface area (Å²) in [4.78, 5) is 17.6. The number of methoxy groups -OCH3 is 2. The standard InChI is InChI=1S/C21H21FN2O4/c1-6-7-12-14(26-4)9-15(27-5)18(22)17(12)20(25)21-19(23-3)13-8-11(2)24-10-16(13)28-21/h6,8-10,23H,1,7H2,2-5H3. The maximum atomic E-state index is 15.2. The maximum Gasteiger partial charge on any atom is 0.233 e. The van der Waals surface area contributed by atoms with Gasteiger partial charge in [0.15, 0.2) is 22.9 Å². The first-order valence-electron chi connectivity index (χ1n) is 8.62. The molecule has 0 aliphatic carbocycles. The number of fused-ring (bicyclic) bond motifs is 1. The molecular formula is C21H21FN2O4. The van der Waals surface area contributed by atoms with Gasteiger partial charge in [-0.3, -0.25) is 9.78 Å². The summed E-state index contributed by atoms with van der Waals surface area (Å²) in [6.07, 6.45) is 3.35. The molecule has 0 saturated heterocycles. The second-order valence-corrected chi connectivity index (χ2v) is 6.15. The van der Waals surface area contributed by atoms with Gasteiger partial charge in [0.2, 0.25) is 5.78 Å². The number of carbonyl (C=O) groups excluding carboxylic acids is 1. The van der Waals surface area contributed by atoms with Crippen LogP contribution >= 0.6 is 0 Å². The van der Waals surface area contributed by atoms with Gasteiger partial charge in [0.25, 0.3) is 0 Å². The second-order valence-electron chi connectivity index (χ2n) is 6.15. The van der Waals surface area contributed by atoms with Crippen molar-refractivity contribution in [2.45, 2.75) is 13.3 Å². The molecule has 0 aliphatic rings. The van der Waals surface area contributed by atoms with Crippen LogP contribution in [-0.2, 0) is 6.42 Å².